The summed E-state index contributed by atoms with van der Waals surface area (Å²) in [5.41, 5.74) is 8.18. The first-order valence-electron chi connectivity index (χ1n) is 10.4. The summed E-state index contributed by atoms with van der Waals surface area (Å²) < 4.78 is 1.95. The van der Waals surface area contributed by atoms with Crippen LogP contribution in [0.5, 0.6) is 0 Å². The molecule has 0 fully saturated rings. The van der Waals surface area contributed by atoms with Gasteiger partial charge in [-0.15, -0.1) is 0 Å². The third-order valence-electron chi connectivity index (χ3n) is 5.53. The maximum Gasteiger partial charge on any atom is 0.180 e. The molecule has 6 aromatic heterocycles. The van der Waals surface area contributed by atoms with Crippen LogP contribution >= 0.6 is 0 Å². The van der Waals surface area contributed by atoms with E-state index < -0.39 is 0 Å². The molecule has 162 valence electrons. The Labute approximate surface area is 188 Å². The number of anilines is 1. The third kappa shape index (κ3) is 3.19. The standard InChI is InChI=1S/C23H20N10/c1-13-11-33(12-26-13)18-6-7-25-22-20(18)28-23(29-22)21-19-17(30-31-21)5-4-16(27-19)14-8-15(32(2)3)10-24-9-14/h4-12H,1-3H3,(H,30,31)(H,25,28,29). The molecule has 0 saturated heterocycles. The van der Waals surface area contributed by atoms with Crippen molar-refractivity contribution in [3.05, 3.63) is 61.1 Å². The molecule has 0 aromatic carbocycles. The molecule has 0 spiro atoms. The Morgan fingerprint density at radius 3 is 2.76 bits per heavy atom. The fourth-order valence-corrected chi connectivity index (χ4v) is 3.82. The molecule has 0 radical (unpaired) electrons. The first kappa shape index (κ1) is 19.1. The first-order chi connectivity index (χ1) is 16.1. The average molecular weight is 436 g/mol. The van der Waals surface area contributed by atoms with Crippen LogP contribution in [0.25, 0.3) is 50.7 Å². The number of rotatable bonds is 4. The minimum atomic E-state index is 0.595. The Morgan fingerprint density at radius 1 is 1.03 bits per heavy atom. The van der Waals surface area contributed by atoms with Crippen molar-refractivity contribution >= 4 is 27.9 Å². The van der Waals surface area contributed by atoms with Gasteiger partial charge in [-0.05, 0) is 31.2 Å². The number of H-pyrrole nitrogens is 2. The minimum Gasteiger partial charge on any atom is -0.376 e. The van der Waals surface area contributed by atoms with Crippen LogP contribution in [0.1, 0.15) is 5.69 Å². The Balaban J connectivity index is 1.48. The Kier molecular flexibility index (Phi) is 4.19. The van der Waals surface area contributed by atoms with E-state index in [0.29, 0.717) is 17.2 Å². The number of nitrogens with zero attached hydrogens (tertiary/aromatic N) is 8. The highest BCUT2D eigenvalue weighted by molar-refractivity contribution is 5.92. The normalized spacial score (nSPS) is 11.5. The second kappa shape index (κ2) is 7.23. The number of pyridine rings is 3. The van der Waals surface area contributed by atoms with E-state index in [1.165, 1.54) is 0 Å². The molecular weight excluding hydrogens is 416 g/mol. The zero-order valence-corrected chi connectivity index (χ0v) is 18.3. The van der Waals surface area contributed by atoms with Crippen molar-refractivity contribution in [3.8, 4) is 28.5 Å². The second-order valence-corrected chi connectivity index (χ2v) is 8.03. The first-order valence-corrected chi connectivity index (χ1v) is 10.4. The molecule has 0 bridgehead atoms. The van der Waals surface area contributed by atoms with E-state index in [2.05, 4.69) is 36.2 Å². The molecule has 0 unspecified atom stereocenters. The summed E-state index contributed by atoms with van der Waals surface area (Å²) in [5.74, 6) is 0.595. The highest BCUT2D eigenvalue weighted by Crippen LogP contribution is 2.29. The SMILES string of the molecule is Cc1cn(-c2ccnc3nc(-c4n[nH]c5ccc(-c6cncc(N(C)C)c6)nc45)[nH]c23)cn1. The van der Waals surface area contributed by atoms with Crippen molar-refractivity contribution in [2.75, 3.05) is 19.0 Å². The molecule has 6 heterocycles. The number of nitrogens with one attached hydrogen (secondary N) is 2. The van der Waals surface area contributed by atoms with Crippen molar-refractivity contribution in [1.29, 1.82) is 0 Å². The van der Waals surface area contributed by atoms with Crippen LogP contribution in [0.15, 0.2) is 55.4 Å². The number of fused-ring (bicyclic) bond motifs is 2. The van der Waals surface area contributed by atoms with Crippen molar-refractivity contribution in [2.45, 2.75) is 6.92 Å². The fourth-order valence-electron chi connectivity index (χ4n) is 3.82. The van der Waals surface area contributed by atoms with Gasteiger partial charge in [0.15, 0.2) is 17.2 Å². The lowest BCUT2D eigenvalue weighted by atomic mass is 10.1. The van der Waals surface area contributed by atoms with Crippen LogP contribution < -0.4 is 4.90 Å². The number of hydrogen-bond acceptors (Lipinski definition) is 7. The highest BCUT2D eigenvalue weighted by atomic mass is 15.2. The molecule has 2 N–H and O–H groups in total. The monoisotopic (exact) mass is 436 g/mol. The lowest BCUT2D eigenvalue weighted by Crippen LogP contribution is -2.08. The predicted molar refractivity (Wildman–Crippen MR) is 126 cm³/mol. The summed E-state index contributed by atoms with van der Waals surface area (Å²) in [6, 6.07) is 7.91. The summed E-state index contributed by atoms with van der Waals surface area (Å²) in [4.78, 5) is 28.1. The molecule has 6 rings (SSSR count). The zero-order valence-electron chi connectivity index (χ0n) is 18.3. The van der Waals surface area contributed by atoms with Gasteiger partial charge in [-0.25, -0.2) is 19.9 Å². The number of aromatic nitrogens is 9. The van der Waals surface area contributed by atoms with Crippen LogP contribution in [0.4, 0.5) is 5.69 Å². The fraction of sp³-hybridized carbons (Fsp3) is 0.130. The van der Waals surface area contributed by atoms with E-state index in [1.807, 2.05) is 67.3 Å². The van der Waals surface area contributed by atoms with Gasteiger partial charge in [-0.1, -0.05) is 0 Å². The predicted octanol–water partition coefficient (Wildman–Crippen LogP) is 3.52. The lowest BCUT2D eigenvalue weighted by Gasteiger charge is -2.12. The van der Waals surface area contributed by atoms with Gasteiger partial charge >= 0.3 is 0 Å². The zero-order chi connectivity index (χ0) is 22.5. The Morgan fingerprint density at radius 2 is 1.94 bits per heavy atom. The van der Waals surface area contributed by atoms with Crippen LogP contribution in [-0.2, 0) is 0 Å². The number of aryl methyl sites for hydroxylation is 1. The number of imidazole rings is 2. The van der Waals surface area contributed by atoms with Gasteiger partial charge in [-0.3, -0.25) is 10.1 Å². The van der Waals surface area contributed by atoms with E-state index in [9.17, 15) is 0 Å². The maximum atomic E-state index is 4.89. The minimum absolute atomic E-state index is 0.595. The third-order valence-corrected chi connectivity index (χ3v) is 5.53. The Bertz CT molecular complexity index is 1620. The second-order valence-electron chi connectivity index (χ2n) is 8.03. The molecule has 0 amide bonds. The summed E-state index contributed by atoms with van der Waals surface area (Å²) in [6.45, 7) is 1.95. The molecule has 6 aromatic rings. The van der Waals surface area contributed by atoms with Gasteiger partial charge in [-0.2, -0.15) is 5.10 Å². The van der Waals surface area contributed by atoms with Gasteiger partial charge in [0.1, 0.15) is 11.0 Å². The van der Waals surface area contributed by atoms with Gasteiger partial charge in [0.2, 0.25) is 0 Å². The molecule has 0 saturated carbocycles. The molecule has 0 atom stereocenters. The quantitative estimate of drug-likeness (QED) is 0.434. The van der Waals surface area contributed by atoms with E-state index in [4.69, 9.17) is 9.97 Å². The lowest BCUT2D eigenvalue weighted by molar-refractivity contribution is 1.06. The van der Waals surface area contributed by atoms with Gasteiger partial charge < -0.3 is 14.5 Å². The topological polar surface area (TPSA) is 117 Å². The van der Waals surface area contributed by atoms with Gasteiger partial charge in [0, 0.05) is 38.2 Å². The number of aromatic amines is 2. The van der Waals surface area contributed by atoms with Crippen molar-refractivity contribution in [1.82, 2.24) is 44.7 Å². The van der Waals surface area contributed by atoms with Crippen LogP contribution in [0, 0.1) is 6.92 Å². The summed E-state index contributed by atoms with van der Waals surface area (Å²) in [5, 5.41) is 7.55. The maximum absolute atomic E-state index is 4.89. The molecule has 10 nitrogen and oxygen atoms in total. The Hall–Kier alpha value is -4.60. The summed E-state index contributed by atoms with van der Waals surface area (Å²) in [7, 11) is 3.97. The average Bonchev–Trinajstić information content (AvgIpc) is 3.55. The van der Waals surface area contributed by atoms with Crippen LogP contribution in [0.3, 0.4) is 0 Å². The number of hydrogen-bond donors (Lipinski definition) is 2. The summed E-state index contributed by atoms with van der Waals surface area (Å²) in [6.07, 6.45) is 9.11. The van der Waals surface area contributed by atoms with E-state index in [1.54, 1.807) is 12.5 Å². The largest absolute Gasteiger partial charge is 0.376 e. The molecule has 0 aliphatic heterocycles. The van der Waals surface area contributed by atoms with E-state index in [-0.39, 0.29) is 0 Å². The summed E-state index contributed by atoms with van der Waals surface area (Å²) >= 11 is 0. The van der Waals surface area contributed by atoms with Crippen LogP contribution in [-0.4, -0.2) is 58.8 Å². The van der Waals surface area contributed by atoms with Crippen molar-refractivity contribution in [3.63, 3.8) is 0 Å². The van der Waals surface area contributed by atoms with E-state index >= 15 is 0 Å². The van der Waals surface area contributed by atoms with Gasteiger partial charge in [0.25, 0.3) is 0 Å². The smallest absolute Gasteiger partial charge is 0.180 e. The highest BCUT2D eigenvalue weighted by Gasteiger charge is 2.17. The molecular formula is C23H20N10. The van der Waals surface area contributed by atoms with Crippen molar-refractivity contribution < 1.29 is 0 Å². The van der Waals surface area contributed by atoms with Gasteiger partial charge in [0.05, 0.1) is 40.8 Å². The molecule has 33 heavy (non-hydrogen) atoms. The van der Waals surface area contributed by atoms with Crippen molar-refractivity contribution in [2.24, 2.45) is 0 Å². The van der Waals surface area contributed by atoms with Crippen LogP contribution in [0.2, 0.25) is 0 Å². The molecule has 0 aliphatic carbocycles. The molecule has 10 heteroatoms. The van der Waals surface area contributed by atoms with E-state index in [0.717, 1.165) is 44.9 Å². The molecule has 0 aliphatic rings.